The van der Waals surface area contributed by atoms with Crippen molar-refractivity contribution in [1.29, 1.82) is 0 Å². The molecule has 1 aliphatic carbocycles. The van der Waals surface area contributed by atoms with Crippen molar-refractivity contribution in [1.82, 2.24) is 14.5 Å². The molecule has 2 aromatic rings. The van der Waals surface area contributed by atoms with E-state index in [1.54, 1.807) is 13.0 Å². The molecule has 10 heteroatoms. The molecule has 5 rings (SSSR count). The van der Waals surface area contributed by atoms with Crippen LogP contribution in [0.3, 0.4) is 0 Å². The first-order chi connectivity index (χ1) is 16.7. The number of nitrogens with zero attached hydrogens (tertiary/aromatic N) is 2. The summed E-state index contributed by atoms with van der Waals surface area (Å²) >= 11 is 0. The third kappa shape index (κ3) is 4.00. The van der Waals surface area contributed by atoms with Crippen LogP contribution in [-0.2, 0) is 31.6 Å². The summed E-state index contributed by atoms with van der Waals surface area (Å²) < 4.78 is 27.6. The third-order valence-electron chi connectivity index (χ3n) is 7.16. The van der Waals surface area contributed by atoms with Gasteiger partial charge in [-0.05, 0) is 61.4 Å². The number of fused-ring (bicyclic) bond motifs is 2. The van der Waals surface area contributed by atoms with Gasteiger partial charge < -0.3 is 10.6 Å². The molecule has 2 N–H and O–H groups in total. The van der Waals surface area contributed by atoms with Crippen LogP contribution in [0.25, 0.3) is 0 Å². The number of nitrogens with one attached hydrogen (secondary N) is 2. The zero-order chi connectivity index (χ0) is 24.8. The Labute approximate surface area is 204 Å². The molecule has 0 unspecified atom stereocenters. The lowest BCUT2D eigenvalue weighted by Gasteiger charge is -2.26. The number of urea groups is 1. The molecule has 3 aliphatic rings. The molecule has 0 aromatic heterocycles. The first-order valence-corrected chi connectivity index (χ1v) is 13.3. The fourth-order valence-electron chi connectivity index (χ4n) is 5.22. The molecule has 2 fully saturated rings. The van der Waals surface area contributed by atoms with Gasteiger partial charge in [-0.2, -0.15) is 4.31 Å². The molecule has 9 nitrogen and oxygen atoms in total. The lowest BCUT2D eigenvalue weighted by atomic mass is 9.92. The molecular formula is C25H28N4O5S. The summed E-state index contributed by atoms with van der Waals surface area (Å²) in [6, 6.07) is 11.5. The van der Waals surface area contributed by atoms with Crippen LogP contribution in [0.15, 0.2) is 47.4 Å². The van der Waals surface area contributed by atoms with E-state index in [9.17, 15) is 22.8 Å². The van der Waals surface area contributed by atoms with Crippen molar-refractivity contribution >= 4 is 33.6 Å². The number of carbonyl (C=O) groups excluding carboxylic acids is 3. The van der Waals surface area contributed by atoms with E-state index in [1.165, 1.54) is 16.4 Å². The molecule has 0 saturated carbocycles. The average molecular weight is 497 g/mol. The van der Waals surface area contributed by atoms with Gasteiger partial charge in [0.15, 0.2) is 0 Å². The Bertz CT molecular complexity index is 1320. The Morgan fingerprint density at radius 1 is 1.09 bits per heavy atom. The number of imide groups is 1. The number of amides is 4. The fraction of sp³-hybridized carbons (Fsp3) is 0.400. The van der Waals surface area contributed by atoms with Crippen LogP contribution in [-0.4, -0.2) is 55.1 Å². The zero-order valence-electron chi connectivity index (χ0n) is 19.5. The normalized spacial score (nSPS) is 22.4. The highest BCUT2D eigenvalue weighted by Crippen LogP contribution is 2.41. The lowest BCUT2D eigenvalue weighted by molar-refractivity contribution is -0.134. The van der Waals surface area contributed by atoms with E-state index in [0.717, 1.165) is 35.3 Å². The van der Waals surface area contributed by atoms with Crippen molar-refractivity contribution in [3.05, 3.63) is 59.2 Å². The molecule has 0 radical (unpaired) electrons. The number of hydrogen-bond donors (Lipinski definition) is 2. The quantitative estimate of drug-likeness (QED) is 0.617. The largest absolute Gasteiger partial charge is 0.325 e. The molecule has 2 aromatic carbocycles. The third-order valence-corrected chi connectivity index (χ3v) is 9.05. The Balaban J connectivity index is 1.32. The van der Waals surface area contributed by atoms with Crippen LogP contribution in [0, 0.1) is 6.92 Å². The highest BCUT2D eigenvalue weighted by Gasteiger charge is 2.55. The van der Waals surface area contributed by atoms with E-state index >= 15 is 0 Å². The summed E-state index contributed by atoms with van der Waals surface area (Å²) in [5.41, 5.74) is 1.66. The smallest absolute Gasteiger partial charge is 0.324 e. The second-order valence-electron chi connectivity index (χ2n) is 9.37. The number of benzene rings is 2. The van der Waals surface area contributed by atoms with Crippen LogP contribution < -0.4 is 10.6 Å². The van der Waals surface area contributed by atoms with Gasteiger partial charge in [0.2, 0.25) is 15.9 Å². The maximum atomic E-state index is 13.3. The maximum absolute atomic E-state index is 13.3. The number of piperidine rings is 1. The van der Waals surface area contributed by atoms with Crippen LogP contribution in [0.1, 0.15) is 42.4 Å². The summed E-state index contributed by atoms with van der Waals surface area (Å²) in [5, 5.41) is 5.50. The Morgan fingerprint density at radius 2 is 1.83 bits per heavy atom. The summed E-state index contributed by atoms with van der Waals surface area (Å²) in [4.78, 5) is 39.9. The van der Waals surface area contributed by atoms with Crippen LogP contribution in [0.4, 0.5) is 10.5 Å². The van der Waals surface area contributed by atoms with Crippen molar-refractivity contribution < 1.29 is 22.8 Å². The molecule has 0 bridgehead atoms. The predicted octanol–water partition coefficient (Wildman–Crippen LogP) is 2.50. The first-order valence-electron chi connectivity index (χ1n) is 11.9. The number of anilines is 1. The molecule has 184 valence electrons. The SMILES string of the molecule is Cc1ccc(S(=O)(=O)N2CCCCC2)cc1NC(=O)CN1C(=O)N[C@@]2(CCc3ccccc32)C1=O. The van der Waals surface area contributed by atoms with Crippen LogP contribution >= 0.6 is 0 Å². The van der Waals surface area contributed by atoms with E-state index in [1.807, 2.05) is 24.3 Å². The molecule has 2 saturated heterocycles. The minimum absolute atomic E-state index is 0.108. The highest BCUT2D eigenvalue weighted by atomic mass is 32.2. The lowest BCUT2D eigenvalue weighted by Crippen LogP contribution is -2.43. The topological polar surface area (TPSA) is 116 Å². The van der Waals surface area contributed by atoms with Crippen LogP contribution in [0.5, 0.6) is 0 Å². The number of aryl methyl sites for hydroxylation is 2. The first kappa shape index (κ1) is 23.5. The number of rotatable bonds is 5. The Kier molecular flexibility index (Phi) is 5.88. The summed E-state index contributed by atoms with van der Waals surface area (Å²) in [6.45, 7) is 2.26. The number of hydrogen-bond acceptors (Lipinski definition) is 5. The number of sulfonamides is 1. The molecule has 1 atom stereocenters. The van der Waals surface area contributed by atoms with Gasteiger partial charge in [-0.25, -0.2) is 13.2 Å². The summed E-state index contributed by atoms with van der Waals surface area (Å²) in [5.74, 6) is -1.02. The molecule has 2 heterocycles. The van der Waals surface area contributed by atoms with E-state index in [-0.39, 0.29) is 4.90 Å². The van der Waals surface area contributed by atoms with E-state index in [2.05, 4.69) is 10.6 Å². The molecular weight excluding hydrogens is 468 g/mol. The van der Waals surface area contributed by atoms with Crippen molar-refractivity contribution in [3.8, 4) is 0 Å². The van der Waals surface area contributed by atoms with Crippen molar-refractivity contribution in [2.75, 3.05) is 25.0 Å². The van der Waals surface area contributed by atoms with Gasteiger partial charge >= 0.3 is 6.03 Å². The fourth-order valence-corrected chi connectivity index (χ4v) is 6.76. The van der Waals surface area contributed by atoms with Gasteiger partial charge in [0, 0.05) is 18.8 Å². The standard InChI is InChI=1S/C25H28N4O5S/c1-17-9-10-19(35(33,34)28-13-5-2-6-14-28)15-21(17)26-22(30)16-29-23(31)25(27-24(29)32)12-11-18-7-3-4-8-20(18)25/h3-4,7-10,15H,2,5-6,11-14,16H2,1H3,(H,26,30)(H,27,32)/t25-/m1/s1. The Morgan fingerprint density at radius 3 is 2.60 bits per heavy atom. The molecule has 4 amide bonds. The molecule has 35 heavy (non-hydrogen) atoms. The summed E-state index contributed by atoms with van der Waals surface area (Å²) in [7, 11) is -3.67. The molecule has 2 aliphatic heterocycles. The summed E-state index contributed by atoms with van der Waals surface area (Å²) in [6.07, 6.45) is 3.78. The van der Waals surface area contributed by atoms with Gasteiger partial charge in [-0.3, -0.25) is 14.5 Å². The van der Waals surface area contributed by atoms with Gasteiger partial charge in [-0.1, -0.05) is 36.8 Å². The maximum Gasteiger partial charge on any atom is 0.325 e. The minimum atomic E-state index is -3.67. The number of carbonyl (C=O) groups is 3. The van der Waals surface area contributed by atoms with E-state index < -0.39 is 40.0 Å². The van der Waals surface area contributed by atoms with E-state index in [0.29, 0.717) is 37.2 Å². The highest BCUT2D eigenvalue weighted by molar-refractivity contribution is 7.89. The molecule has 1 spiro atoms. The van der Waals surface area contributed by atoms with Crippen LogP contribution in [0.2, 0.25) is 0 Å². The second-order valence-corrected chi connectivity index (χ2v) is 11.3. The Hall–Kier alpha value is -3.24. The van der Waals surface area contributed by atoms with Gasteiger partial charge in [0.25, 0.3) is 5.91 Å². The van der Waals surface area contributed by atoms with Crippen molar-refractivity contribution in [2.24, 2.45) is 0 Å². The predicted molar refractivity (Wildman–Crippen MR) is 129 cm³/mol. The van der Waals surface area contributed by atoms with E-state index in [4.69, 9.17) is 0 Å². The van der Waals surface area contributed by atoms with Gasteiger partial charge in [0.05, 0.1) is 4.90 Å². The minimum Gasteiger partial charge on any atom is -0.324 e. The average Bonchev–Trinajstić information content (AvgIpc) is 3.34. The van der Waals surface area contributed by atoms with Crippen molar-refractivity contribution in [2.45, 2.75) is 49.5 Å². The van der Waals surface area contributed by atoms with Gasteiger partial charge in [-0.15, -0.1) is 0 Å². The second kappa shape index (κ2) is 8.76. The van der Waals surface area contributed by atoms with Crippen molar-refractivity contribution in [3.63, 3.8) is 0 Å². The zero-order valence-corrected chi connectivity index (χ0v) is 20.4. The van der Waals surface area contributed by atoms with Gasteiger partial charge in [0.1, 0.15) is 12.1 Å². The monoisotopic (exact) mass is 496 g/mol.